The van der Waals surface area contributed by atoms with Gasteiger partial charge in [-0.25, -0.2) is 0 Å². The molecule has 21 heavy (non-hydrogen) atoms. The SMILES string of the molecule is NC(=O)C1CCN(C(=O)c2ccc(C#CCCO)s2)CC1. The molecule has 0 spiro atoms. The van der Waals surface area contributed by atoms with Crippen molar-refractivity contribution in [3.8, 4) is 11.8 Å². The Bertz CT molecular complexity index is 577. The van der Waals surface area contributed by atoms with Crippen LogP contribution in [-0.4, -0.2) is 41.5 Å². The summed E-state index contributed by atoms with van der Waals surface area (Å²) in [6.45, 7) is 1.17. The molecule has 0 aromatic carbocycles. The van der Waals surface area contributed by atoms with Crippen LogP contribution < -0.4 is 5.73 Å². The highest BCUT2D eigenvalue weighted by molar-refractivity contribution is 7.14. The van der Waals surface area contributed by atoms with Gasteiger partial charge in [0.1, 0.15) is 0 Å². The number of aliphatic hydroxyl groups is 1. The summed E-state index contributed by atoms with van der Waals surface area (Å²) in [6.07, 6.45) is 1.70. The highest BCUT2D eigenvalue weighted by atomic mass is 32.1. The normalized spacial score (nSPS) is 15.4. The van der Waals surface area contributed by atoms with Gasteiger partial charge in [0, 0.05) is 25.4 Å². The van der Waals surface area contributed by atoms with Crippen LogP contribution in [0.2, 0.25) is 0 Å². The Morgan fingerprint density at radius 1 is 1.38 bits per heavy atom. The number of hydrogen-bond acceptors (Lipinski definition) is 4. The number of likely N-dealkylation sites (tertiary alicyclic amines) is 1. The lowest BCUT2D eigenvalue weighted by molar-refractivity contribution is -0.123. The molecule has 1 fully saturated rings. The third-order valence-corrected chi connectivity index (χ3v) is 4.44. The first kappa shape index (κ1) is 15.5. The summed E-state index contributed by atoms with van der Waals surface area (Å²) in [4.78, 5) is 26.7. The molecule has 5 nitrogen and oxygen atoms in total. The van der Waals surface area contributed by atoms with Crippen molar-refractivity contribution >= 4 is 23.2 Å². The van der Waals surface area contributed by atoms with Crippen LogP contribution in [0.4, 0.5) is 0 Å². The van der Waals surface area contributed by atoms with E-state index in [9.17, 15) is 9.59 Å². The van der Waals surface area contributed by atoms with Crippen molar-refractivity contribution in [1.82, 2.24) is 4.90 Å². The third kappa shape index (κ3) is 4.06. The monoisotopic (exact) mass is 306 g/mol. The van der Waals surface area contributed by atoms with Gasteiger partial charge in [-0.2, -0.15) is 0 Å². The van der Waals surface area contributed by atoms with E-state index < -0.39 is 0 Å². The van der Waals surface area contributed by atoms with Gasteiger partial charge in [0.15, 0.2) is 0 Å². The molecule has 2 amide bonds. The minimum absolute atomic E-state index is 0.0156. The van der Waals surface area contributed by atoms with Gasteiger partial charge < -0.3 is 15.7 Å². The zero-order valence-corrected chi connectivity index (χ0v) is 12.5. The summed E-state index contributed by atoms with van der Waals surface area (Å²) in [5, 5.41) is 8.68. The number of rotatable bonds is 3. The lowest BCUT2D eigenvalue weighted by Gasteiger charge is -2.30. The zero-order chi connectivity index (χ0) is 15.2. The number of hydrogen-bond donors (Lipinski definition) is 2. The molecule has 3 N–H and O–H groups in total. The van der Waals surface area contributed by atoms with Crippen LogP contribution in [0.25, 0.3) is 0 Å². The number of primary amides is 1. The van der Waals surface area contributed by atoms with Gasteiger partial charge in [0.05, 0.1) is 16.4 Å². The van der Waals surface area contributed by atoms with Gasteiger partial charge in [-0.3, -0.25) is 9.59 Å². The molecule has 0 saturated carbocycles. The van der Waals surface area contributed by atoms with Crippen molar-refractivity contribution in [3.05, 3.63) is 21.9 Å². The lowest BCUT2D eigenvalue weighted by atomic mass is 9.96. The maximum absolute atomic E-state index is 12.4. The Morgan fingerprint density at radius 2 is 2.10 bits per heavy atom. The van der Waals surface area contributed by atoms with Gasteiger partial charge >= 0.3 is 0 Å². The molecular weight excluding hydrogens is 288 g/mol. The quantitative estimate of drug-likeness (QED) is 0.811. The number of aliphatic hydroxyl groups excluding tert-OH is 1. The number of nitrogens with two attached hydrogens (primary N) is 1. The van der Waals surface area contributed by atoms with E-state index in [0.29, 0.717) is 37.2 Å². The number of carbonyl (C=O) groups excluding carboxylic acids is 2. The first-order valence-electron chi connectivity index (χ1n) is 6.90. The first-order valence-corrected chi connectivity index (χ1v) is 7.71. The van der Waals surface area contributed by atoms with Crippen molar-refractivity contribution in [2.75, 3.05) is 19.7 Å². The van der Waals surface area contributed by atoms with Crippen LogP contribution >= 0.6 is 11.3 Å². The molecule has 6 heteroatoms. The minimum atomic E-state index is -0.278. The Balaban J connectivity index is 1.95. The van der Waals surface area contributed by atoms with Crippen LogP contribution in [0.3, 0.4) is 0 Å². The van der Waals surface area contributed by atoms with Gasteiger partial charge in [-0.05, 0) is 25.0 Å². The Hall–Kier alpha value is -1.84. The summed E-state index contributed by atoms with van der Waals surface area (Å²) in [7, 11) is 0. The molecule has 1 aromatic heterocycles. The summed E-state index contributed by atoms with van der Waals surface area (Å²) in [6, 6.07) is 3.59. The fourth-order valence-electron chi connectivity index (χ4n) is 2.25. The van der Waals surface area contributed by atoms with Crippen molar-refractivity contribution in [1.29, 1.82) is 0 Å². The minimum Gasteiger partial charge on any atom is -0.395 e. The molecule has 112 valence electrons. The van der Waals surface area contributed by atoms with Crippen molar-refractivity contribution < 1.29 is 14.7 Å². The fourth-order valence-corrected chi connectivity index (χ4v) is 3.10. The van der Waals surface area contributed by atoms with E-state index in [-0.39, 0.29) is 24.3 Å². The molecule has 1 aliphatic heterocycles. The molecule has 2 rings (SSSR count). The number of nitrogens with zero attached hydrogens (tertiary/aromatic N) is 1. The first-order chi connectivity index (χ1) is 10.1. The van der Waals surface area contributed by atoms with Gasteiger partial charge in [0.2, 0.25) is 5.91 Å². The second-order valence-corrected chi connectivity index (χ2v) is 5.99. The molecule has 1 aliphatic rings. The summed E-state index contributed by atoms with van der Waals surface area (Å²) in [5.41, 5.74) is 5.29. The third-order valence-electron chi connectivity index (χ3n) is 3.45. The fraction of sp³-hybridized carbons (Fsp3) is 0.467. The van der Waals surface area contributed by atoms with Crippen LogP contribution in [0.15, 0.2) is 12.1 Å². The molecule has 0 aliphatic carbocycles. The maximum Gasteiger partial charge on any atom is 0.263 e. The van der Waals surface area contributed by atoms with Crippen LogP contribution in [0.1, 0.15) is 33.8 Å². The van der Waals surface area contributed by atoms with E-state index in [1.807, 2.05) is 6.07 Å². The maximum atomic E-state index is 12.4. The average molecular weight is 306 g/mol. The smallest absolute Gasteiger partial charge is 0.263 e. The van der Waals surface area contributed by atoms with E-state index in [0.717, 1.165) is 4.88 Å². The highest BCUT2D eigenvalue weighted by Gasteiger charge is 2.26. The molecule has 2 heterocycles. The van der Waals surface area contributed by atoms with Crippen molar-refractivity contribution in [2.45, 2.75) is 19.3 Å². The molecule has 1 saturated heterocycles. The van der Waals surface area contributed by atoms with Crippen LogP contribution in [0, 0.1) is 17.8 Å². The molecule has 0 bridgehead atoms. The predicted molar refractivity (Wildman–Crippen MR) is 80.7 cm³/mol. The van der Waals surface area contributed by atoms with E-state index >= 15 is 0 Å². The number of amides is 2. The number of carbonyl (C=O) groups is 2. The molecule has 0 unspecified atom stereocenters. The van der Waals surface area contributed by atoms with E-state index in [4.69, 9.17) is 10.8 Å². The summed E-state index contributed by atoms with van der Waals surface area (Å²) < 4.78 is 0. The van der Waals surface area contributed by atoms with Crippen LogP contribution in [-0.2, 0) is 4.79 Å². The Morgan fingerprint density at radius 3 is 2.71 bits per heavy atom. The standard InChI is InChI=1S/C15H18N2O3S/c16-14(19)11-6-8-17(9-7-11)15(20)13-5-4-12(21-13)3-1-2-10-18/h4-5,11,18H,2,6-10H2,(H2,16,19). The van der Waals surface area contributed by atoms with E-state index in [1.165, 1.54) is 11.3 Å². The van der Waals surface area contributed by atoms with Gasteiger partial charge in [0.25, 0.3) is 5.91 Å². The van der Waals surface area contributed by atoms with Gasteiger partial charge in [-0.1, -0.05) is 11.8 Å². The number of thiophene rings is 1. The second-order valence-electron chi connectivity index (χ2n) is 4.91. The molecule has 1 aromatic rings. The predicted octanol–water partition coefficient (Wildman–Crippen LogP) is 0.819. The van der Waals surface area contributed by atoms with Crippen LogP contribution in [0.5, 0.6) is 0 Å². The zero-order valence-electron chi connectivity index (χ0n) is 11.7. The summed E-state index contributed by atoms with van der Waals surface area (Å²) >= 11 is 1.35. The highest BCUT2D eigenvalue weighted by Crippen LogP contribution is 2.22. The second kappa shape index (κ2) is 7.25. The van der Waals surface area contributed by atoms with Crippen molar-refractivity contribution in [2.24, 2.45) is 11.7 Å². The molecular formula is C15H18N2O3S. The Labute approximate surface area is 127 Å². The average Bonchev–Trinajstić information content (AvgIpc) is 2.96. The molecule has 0 atom stereocenters. The topological polar surface area (TPSA) is 83.6 Å². The van der Waals surface area contributed by atoms with E-state index in [2.05, 4.69) is 11.8 Å². The lowest BCUT2D eigenvalue weighted by Crippen LogP contribution is -2.41. The molecule has 0 radical (unpaired) electrons. The number of piperidine rings is 1. The largest absolute Gasteiger partial charge is 0.395 e. The van der Waals surface area contributed by atoms with Crippen molar-refractivity contribution in [3.63, 3.8) is 0 Å². The Kier molecular flexibility index (Phi) is 5.37. The van der Waals surface area contributed by atoms with Gasteiger partial charge in [-0.15, -0.1) is 11.3 Å². The summed E-state index contributed by atoms with van der Waals surface area (Å²) in [5.74, 6) is 5.35. The van der Waals surface area contributed by atoms with E-state index in [1.54, 1.807) is 11.0 Å².